The van der Waals surface area contributed by atoms with Gasteiger partial charge in [-0.05, 0) is 24.0 Å². The summed E-state index contributed by atoms with van der Waals surface area (Å²) in [6.45, 7) is 0. The van der Waals surface area contributed by atoms with Crippen LogP contribution in [0.25, 0.3) is 0 Å². The number of aryl methyl sites for hydroxylation is 1. The third-order valence-electron chi connectivity index (χ3n) is 3.15. The summed E-state index contributed by atoms with van der Waals surface area (Å²) in [5, 5.41) is 3.03. The minimum absolute atomic E-state index is 0.00804. The molecule has 0 aliphatic carbocycles. The van der Waals surface area contributed by atoms with E-state index < -0.39 is 0 Å². The van der Waals surface area contributed by atoms with E-state index in [0.29, 0.717) is 5.75 Å². The highest BCUT2D eigenvalue weighted by Crippen LogP contribution is 2.23. The molecule has 1 N–H and O–H groups in total. The van der Waals surface area contributed by atoms with Gasteiger partial charge in [0.15, 0.2) is 0 Å². The maximum Gasteiger partial charge on any atom is 0.230 e. The number of imidazole rings is 1. The Morgan fingerprint density at radius 2 is 2.14 bits per heavy atom. The largest absolute Gasteiger partial charge is 0.497 e. The van der Waals surface area contributed by atoms with Gasteiger partial charge in [-0.3, -0.25) is 4.79 Å². The standard InChI is InChI=1S/C15H19N3O2S/c1-18-9-8-16-15(18)14(17-13(19)10-21-3)11-4-6-12(20-2)7-5-11/h4-9,14H,10H2,1-3H3,(H,17,19). The monoisotopic (exact) mass is 305 g/mol. The molecule has 1 atom stereocenters. The molecule has 1 aromatic heterocycles. The second-order valence-corrected chi connectivity index (χ2v) is 5.47. The third kappa shape index (κ3) is 3.78. The number of hydrogen-bond acceptors (Lipinski definition) is 4. The average Bonchev–Trinajstić information content (AvgIpc) is 2.91. The van der Waals surface area contributed by atoms with Gasteiger partial charge >= 0.3 is 0 Å². The van der Waals surface area contributed by atoms with Gasteiger partial charge in [-0.25, -0.2) is 4.98 Å². The van der Waals surface area contributed by atoms with Crippen LogP contribution in [-0.4, -0.2) is 34.6 Å². The van der Waals surface area contributed by atoms with Crippen molar-refractivity contribution in [3.05, 3.63) is 48.0 Å². The van der Waals surface area contributed by atoms with Crippen LogP contribution in [0, 0.1) is 0 Å². The molecule has 0 fully saturated rings. The van der Waals surface area contributed by atoms with Gasteiger partial charge in [0.25, 0.3) is 0 Å². The molecule has 6 heteroatoms. The van der Waals surface area contributed by atoms with E-state index in [-0.39, 0.29) is 11.9 Å². The smallest absolute Gasteiger partial charge is 0.230 e. The number of nitrogens with zero attached hydrogens (tertiary/aromatic N) is 2. The quantitative estimate of drug-likeness (QED) is 0.887. The van der Waals surface area contributed by atoms with Gasteiger partial charge in [0, 0.05) is 19.4 Å². The van der Waals surface area contributed by atoms with Crippen molar-refractivity contribution in [1.82, 2.24) is 14.9 Å². The first kappa shape index (κ1) is 15.4. The Morgan fingerprint density at radius 1 is 1.43 bits per heavy atom. The lowest BCUT2D eigenvalue weighted by atomic mass is 10.1. The number of benzene rings is 1. The third-order valence-corrected chi connectivity index (χ3v) is 3.70. The first-order valence-corrected chi connectivity index (χ1v) is 7.94. The summed E-state index contributed by atoms with van der Waals surface area (Å²) in [6, 6.07) is 7.38. The Kier molecular flexibility index (Phi) is 5.27. The van der Waals surface area contributed by atoms with E-state index in [1.807, 2.05) is 48.3 Å². The number of ether oxygens (including phenoxy) is 1. The maximum absolute atomic E-state index is 12.0. The van der Waals surface area contributed by atoms with Gasteiger partial charge in [-0.15, -0.1) is 0 Å². The van der Waals surface area contributed by atoms with Gasteiger partial charge in [0.2, 0.25) is 5.91 Å². The summed E-state index contributed by atoms with van der Waals surface area (Å²) in [6.07, 6.45) is 5.50. The van der Waals surface area contributed by atoms with Crippen molar-refractivity contribution in [2.24, 2.45) is 7.05 Å². The molecule has 1 aromatic carbocycles. The minimum Gasteiger partial charge on any atom is -0.497 e. The topological polar surface area (TPSA) is 56.1 Å². The molecular weight excluding hydrogens is 286 g/mol. The number of amides is 1. The van der Waals surface area contributed by atoms with Crippen LogP contribution in [-0.2, 0) is 11.8 Å². The number of thioether (sulfide) groups is 1. The lowest BCUT2D eigenvalue weighted by molar-refractivity contribution is -0.119. The Hall–Kier alpha value is -1.95. The molecule has 21 heavy (non-hydrogen) atoms. The Morgan fingerprint density at radius 3 is 2.67 bits per heavy atom. The van der Waals surface area contributed by atoms with E-state index in [1.165, 1.54) is 11.8 Å². The maximum atomic E-state index is 12.0. The van der Waals surface area contributed by atoms with Crippen LogP contribution in [0.15, 0.2) is 36.7 Å². The van der Waals surface area contributed by atoms with Gasteiger partial charge in [0.1, 0.15) is 17.6 Å². The molecule has 1 amide bonds. The molecule has 112 valence electrons. The van der Waals surface area contributed by atoms with Gasteiger partial charge < -0.3 is 14.6 Å². The second kappa shape index (κ2) is 7.17. The predicted octanol–water partition coefficient (Wildman–Crippen LogP) is 2.00. The highest BCUT2D eigenvalue weighted by molar-refractivity contribution is 7.99. The van der Waals surface area contributed by atoms with Gasteiger partial charge in [-0.2, -0.15) is 11.8 Å². The molecule has 5 nitrogen and oxygen atoms in total. The summed E-state index contributed by atoms with van der Waals surface area (Å²) in [4.78, 5) is 16.3. The minimum atomic E-state index is -0.268. The van der Waals surface area contributed by atoms with E-state index in [2.05, 4.69) is 10.3 Å². The van der Waals surface area contributed by atoms with Crippen molar-refractivity contribution in [2.75, 3.05) is 19.1 Å². The number of hydrogen-bond donors (Lipinski definition) is 1. The molecule has 0 saturated heterocycles. The van der Waals surface area contributed by atoms with Crippen molar-refractivity contribution >= 4 is 17.7 Å². The first-order chi connectivity index (χ1) is 10.2. The molecule has 0 spiro atoms. The summed E-state index contributed by atoms with van der Waals surface area (Å²) in [5.74, 6) is 2.01. The molecular formula is C15H19N3O2S. The fourth-order valence-corrected chi connectivity index (χ4v) is 2.43. The lowest BCUT2D eigenvalue weighted by Gasteiger charge is -2.19. The van der Waals surface area contributed by atoms with Gasteiger partial charge in [0.05, 0.1) is 12.9 Å². The number of carbonyl (C=O) groups is 1. The first-order valence-electron chi connectivity index (χ1n) is 6.55. The molecule has 0 aliphatic heterocycles. The highest BCUT2D eigenvalue weighted by Gasteiger charge is 2.20. The zero-order chi connectivity index (χ0) is 15.2. The highest BCUT2D eigenvalue weighted by atomic mass is 32.2. The van der Waals surface area contributed by atoms with Crippen molar-refractivity contribution < 1.29 is 9.53 Å². The second-order valence-electron chi connectivity index (χ2n) is 4.60. The molecule has 0 radical (unpaired) electrons. The Labute approximate surface area is 128 Å². The van der Waals surface area contributed by atoms with E-state index in [4.69, 9.17) is 4.74 Å². The average molecular weight is 305 g/mol. The Balaban J connectivity index is 2.30. The van der Waals surface area contributed by atoms with Crippen molar-refractivity contribution in [3.8, 4) is 5.75 Å². The van der Waals surface area contributed by atoms with Crippen LogP contribution >= 0.6 is 11.8 Å². The number of carbonyl (C=O) groups excluding carboxylic acids is 1. The Bertz CT molecular complexity index is 595. The molecule has 2 aromatic rings. The SMILES string of the molecule is COc1ccc(C(NC(=O)CSC)c2nccn2C)cc1. The zero-order valence-corrected chi connectivity index (χ0v) is 13.2. The zero-order valence-electron chi connectivity index (χ0n) is 12.4. The van der Waals surface area contributed by atoms with E-state index >= 15 is 0 Å². The molecule has 0 bridgehead atoms. The molecule has 2 rings (SSSR count). The molecule has 0 aliphatic rings. The van der Waals surface area contributed by atoms with Crippen molar-refractivity contribution in [3.63, 3.8) is 0 Å². The van der Waals surface area contributed by atoms with Gasteiger partial charge in [-0.1, -0.05) is 12.1 Å². The number of aromatic nitrogens is 2. The van der Waals surface area contributed by atoms with Crippen LogP contribution < -0.4 is 10.1 Å². The van der Waals surface area contributed by atoms with E-state index in [1.54, 1.807) is 13.3 Å². The number of rotatable bonds is 6. The molecule has 1 unspecified atom stereocenters. The van der Waals surface area contributed by atoms with E-state index in [0.717, 1.165) is 17.1 Å². The molecule has 1 heterocycles. The number of nitrogens with one attached hydrogen (secondary N) is 1. The normalized spacial score (nSPS) is 12.0. The van der Waals surface area contributed by atoms with Crippen molar-refractivity contribution in [2.45, 2.75) is 6.04 Å². The van der Waals surface area contributed by atoms with Crippen LogP contribution in [0.3, 0.4) is 0 Å². The summed E-state index contributed by atoms with van der Waals surface area (Å²) in [5.41, 5.74) is 0.972. The lowest BCUT2D eigenvalue weighted by Crippen LogP contribution is -2.32. The van der Waals surface area contributed by atoms with Crippen LogP contribution in [0.2, 0.25) is 0 Å². The van der Waals surface area contributed by atoms with Crippen LogP contribution in [0.1, 0.15) is 17.4 Å². The van der Waals surface area contributed by atoms with E-state index in [9.17, 15) is 4.79 Å². The summed E-state index contributed by atoms with van der Waals surface area (Å²) < 4.78 is 7.08. The predicted molar refractivity (Wildman–Crippen MR) is 84.6 cm³/mol. The fraction of sp³-hybridized carbons (Fsp3) is 0.333. The van der Waals surface area contributed by atoms with Crippen LogP contribution in [0.5, 0.6) is 5.75 Å². The summed E-state index contributed by atoms with van der Waals surface area (Å²) in [7, 11) is 3.55. The number of methoxy groups -OCH3 is 1. The van der Waals surface area contributed by atoms with Crippen LogP contribution in [0.4, 0.5) is 0 Å². The molecule has 0 saturated carbocycles. The summed E-state index contributed by atoms with van der Waals surface area (Å²) >= 11 is 1.50. The fourth-order valence-electron chi connectivity index (χ4n) is 2.08. The van der Waals surface area contributed by atoms with Crippen molar-refractivity contribution in [1.29, 1.82) is 0 Å².